The van der Waals surface area contributed by atoms with E-state index in [2.05, 4.69) is 5.32 Å². The van der Waals surface area contributed by atoms with E-state index < -0.39 is 0 Å². The number of hydrogen-bond donors (Lipinski definition) is 2. The summed E-state index contributed by atoms with van der Waals surface area (Å²) >= 11 is 7.46. The third kappa shape index (κ3) is 4.76. The van der Waals surface area contributed by atoms with Crippen LogP contribution in [-0.4, -0.2) is 31.4 Å². The number of carbonyl (C=O) groups excluding carboxylic acids is 1. The van der Waals surface area contributed by atoms with Crippen LogP contribution >= 0.6 is 23.4 Å². The minimum absolute atomic E-state index is 0.0371. The molecule has 1 aromatic carbocycles. The van der Waals surface area contributed by atoms with Gasteiger partial charge in [-0.05, 0) is 25.1 Å². The van der Waals surface area contributed by atoms with Crippen molar-refractivity contribution in [3.63, 3.8) is 0 Å². The van der Waals surface area contributed by atoms with Gasteiger partial charge in [0.2, 0.25) is 5.91 Å². The molecule has 0 aliphatic carbocycles. The summed E-state index contributed by atoms with van der Waals surface area (Å²) in [4.78, 5) is 12.6. The number of carbonyl (C=O) groups is 1. The van der Waals surface area contributed by atoms with Crippen LogP contribution in [0.25, 0.3) is 0 Å². The molecule has 0 radical (unpaired) electrons. The number of benzene rings is 1. The Labute approximate surface area is 116 Å². The number of halogens is 1. The highest BCUT2D eigenvalue weighted by atomic mass is 35.5. The number of methoxy groups -OCH3 is 1. The minimum Gasteiger partial charge on any atom is -0.399 e. The predicted octanol–water partition coefficient (Wildman–Crippen LogP) is 2.17. The Morgan fingerprint density at radius 3 is 2.94 bits per heavy atom. The lowest BCUT2D eigenvalue weighted by atomic mass is 10.3. The zero-order valence-electron chi connectivity index (χ0n) is 10.4. The summed E-state index contributed by atoms with van der Waals surface area (Å²) < 4.78 is 4.87. The van der Waals surface area contributed by atoms with Crippen LogP contribution in [-0.2, 0) is 9.53 Å². The van der Waals surface area contributed by atoms with Gasteiger partial charge in [0.1, 0.15) is 0 Å². The normalized spacial score (nSPS) is 12.2. The maximum atomic E-state index is 11.7. The largest absolute Gasteiger partial charge is 0.399 e. The summed E-state index contributed by atoms with van der Waals surface area (Å²) in [6.45, 7) is 2.85. The van der Waals surface area contributed by atoms with Crippen molar-refractivity contribution >= 4 is 35.0 Å². The fraction of sp³-hybridized carbons (Fsp3) is 0.417. The summed E-state index contributed by atoms with van der Waals surface area (Å²) in [7, 11) is 1.60. The number of thioether (sulfide) groups is 1. The Bertz CT molecular complexity index is 415. The van der Waals surface area contributed by atoms with Crippen LogP contribution in [0.3, 0.4) is 0 Å². The highest BCUT2D eigenvalue weighted by Crippen LogP contribution is 2.31. The number of anilines is 1. The molecule has 0 aliphatic heterocycles. The van der Waals surface area contributed by atoms with E-state index in [1.807, 2.05) is 13.0 Å². The minimum atomic E-state index is -0.219. The van der Waals surface area contributed by atoms with E-state index in [0.29, 0.717) is 23.9 Å². The summed E-state index contributed by atoms with van der Waals surface area (Å²) in [6, 6.07) is 5.27. The van der Waals surface area contributed by atoms with Crippen LogP contribution < -0.4 is 11.1 Å². The van der Waals surface area contributed by atoms with Crippen molar-refractivity contribution in [2.45, 2.75) is 17.1 Å². The van der Waals surface area contributed by atoms with E-state index >= 15 is 0 Å². The van der Waals surface area contributed by atoms with Crippen LogP contribution in [0.2, 0.25) is 5.02 Å². The second kappa shape index (κ2) is 7.51. The number of nitrogens with two attached hydrogens (primary N) is 1. The molecule has 1 unspecified atom stereocenters. The molecule has 0 aliphatic rings. The molecule has 0 fully saturated rings. The maximum Gasteiger partial charge on any atom is 0.233 e. The van der Waals surface area contributed by atoms with E-state index in [1.54, 1.807) is 19.2 Å². The molecule has 18 heavy (non-hydrogen) atoms. The van der Waals surface area contributed by atoms with Gasteiger partial charge < -0.3 is 15.8 Å². The topological polar surface area (TPSA) is 64.3 Å². The molecule has 0 heterocycles. The maximum absolute atomic E-state index is 11.7. The van der Waals surface area contributed by atoms with E-state index in [4.69, 9.17) is 22.1 Å². The van der Waals surface area contributed by atoms with E-state index in [0.717, 1.165) is 4.90 Å². The second-order valence-corrected chi connectivity index (χ2v) is 5.52. The number of hydrogen-bond acceptors (Lipinski definition) is 4. The third-order valence-electron chi connectivity index (χ3n) is 2.23. The van der Waals surface area contributed by atoms with Gasteiger partial charge in [-0.2, -0.15) is 0 Å². The molecular formula is C12H17ClN2O2S. The number of amides is 1. The first-order chi connectivity index (χ1) is 8.54. The van der Waals surface area contributed by atoms with Crippen LogP contribution in [0.5, 0.6) is 0 Å². The van der Waals surface area contributed by atoms with Crippen molar-refractivity contribution in [2.75, 3.05) is 26.0 Å². The van der Waals surface area contributed by atoms with Gasteiger partial charge in [-0.1, -0.05) is 11.6 Å². The van der Waals surface area contributed by atoms with Gasteiger partial charge >= 0.3 is 0 Å². The number of ether oxygens (including phenoxy) is 1. The Morgan fingerprint density at radius 1 is 1.61 bits per heavy atom. The lowest BCUT2D eigenvalue weighted by Gasteiger charge is -2.12. The van der Waals surface area contributed by atoms with Gasteiger partial charge in [-0.3, -0.25) is 4.79 Å². The molecule has 0 saturated carbocycles. The highest BCUT2D eigenvalue weighted by Gasteiger charge is 2.15. The summed E-state index contributed by atoms with van der Waals surface area (Å²) in [6.07, 6.45) is 0. The van der Waals surface area contributed by atoms with Crippen molar-refractivity contribution in [1.82, 2.24) is 5.32 Å². The van der Waals surface area contributed by atoms with E-state index in [1.165, 1.54) is 11.8 Å². The molecule has 0 aromatic heterocycles. The Morgan fingerprint density at radius 2 is 2.33 bits per heavy atom. The standard InChI is InChI=1S/C12H17ClN2O2S/c1-8(12(16)15-5-6-17-2)18-11-4-3-9(14)7-10(11)13/h3-4,7-8H,5-6,14H2,1-2H3,(H,15,16). The number of nitrogens with one attached hydrogen (secondary N) is 1. The number of rotatable bonds is 6. The Balaban J connectivity index is 2.53. The lowest BCUT2D eigenvalue weighted by molar-refractivity contribution is -0.120. The first kappa shape index (κ1) is 15.1. The molecule has 1 rings (SSSR count). The SMILES string of the molecule is COCCNC(=O)C(C)Sc1ccc(N)cc1Cl. The van der Waals surface area contributed by atoms with Gasteiger partial charge in [-0.25, -0.2) is 0 Å². The molecule has 100 valence electrons. The zero-order chi connectivity index (χ0) is 13.5. The summed E-state index contributed by atoms with van der Waals surface area (Å²) in [5.41, 5.74) is 6.22. The molecular weight excluding hydrogens is 272 g/mol. The highest BCUT2D eigenvalue weighted by molar-refractivity contribution is 8.00. The lowest BCUT2D eigenvalue weighted by Crippen LogP contribution is -2.33. The van der Waals surface area contributed by atoms with Crippen LogP contribution in [0.4, 0.5) is 5.69 Å². The molecule has 3 N–H and O–H groups in total. The van der Waals surface area contributed by atoms with Gasteiger partial charge in [0, 0.05) is 24.2 Å². The van der Waals surface area contributed by atoms with E-state index in [-0.39, 0.29) is 11.2 Å². The first-order valence-electron chi connectivity index (χ1n) is 5.53. The Hall–Kier alpha value is -0.910. The van der Waals surface area contributed by atoms with Gasteiger partial charge in [0.15, 0.2) is 0 Å². The first-order valence-corrected chi connectivity index (χ1v) is 6.78. The van der Waals surface area contributed by atoms with Crippen LogP contribution in [0.15, 0.2) is 23.1 Å². The fourth-order valence-corrected chi connectivity index (χ4v) is 2.49. The average Bonchev–Trinajstić information content (AvgIpc) is 2.32. The van der Waals surface area contributed by atoms with E-state index in [9.17, 15) is 4.79 Å². The average molecular weight is 289 g/mol. The van der Waals surface area contributed by atoms with Gasteiger partial charge in [-0.15, -0.1) is 11.8 Å². The molecule has 0 saturated heterocycles. The summed E-state index contributed by atoms with van der Waals surface area (Å²) in [5, 5.41) is 3.13. The molecule has 4 nitrogen and oxygen atoms in total. The monoisotopic (exact) mass is 288 g/mol. The Kier molecular flexibility index (Phi) is 6.32. The number of nitrogen functional groups attached to an aromatic ring is 1. The molecule has 6 heteroatoms. The molecule has 0 spiro atoms. The quantitative estimate of drug-likeness (QED) is 0.478. The molecule has 1 aromatic rings. The molecule has 1 atom stereocenters. The molecule has 1 amide bonds. The predicted molar refractivity (Wildman–Crippen MR) is 76.1 cm³/mol. The smallest absolute Gasteiger partial charge is 0.233 e. The fourth-order valence-electron chi connectivity index (χ4n) is 1.28. The third-order valence-corrected chi connectivity index (χ3v) is 3.84. The molecule has 0 bridgehead atoms. The van der Waals surface area contributed by atoms with Crippen molar-refractivity contribution in [3.05, 3.63) is 23.2 Å². The summed E-state index contributed by atoms with van der Waals surface area (Å²) in [5.74, 6) is -0.0371. The van der Waals surface area contributed by atoms with Crippen molar-refractivity contribution in [2.24, 2.45) is 0 Å². The zero-order valence-corrected chi connectivity index (χ0v) is 12.0. The van der Waals surface area contributed by atoms with Gasteiger partial charge in [0.05, 0.1) is 16.9 Å². The van der Waals surface area contributed by atoms with Crippen molar-refractivity contribution < 1.29 is 9.53 Å². The van der Waals surface area contributed by atoms with Crippen molar-refractivity contribution in [1.29, 1.82) is 0 Å². The van der Waals surface area contributed by atoms with Crippen LogP contribution in [0, 0.1) is 0 Å². The van der Waals surface area contributed by atoms with Crippen LogP contribution in [0.1, 0.15) is 6.92 Å². The van der Waals surface area contributed by atoms with Crippen molar-refractivity contribution in [3.8, 4) is 0 Å². The van der Waals surface area contributed by atoms with Gasteiger partial charge in [0.25, 0.3) is 0 Å². The second-order valence-electron chi connectivity index (χ2n) is 3.73.